The van der Waals surface area contributed by atoms with Crippen molar-refractivity contribution in [1.82, 2.24) is 14.5 Å². The quantitative estimate of drug-likeness (QED) is 0.621. The average molecular weight is 449 g/mol. The molecular formula is C21H25ClN4O3S. The van der Waals surface area contributed by atoms with Gasteiger partial charge in [-0.25, -0.2) is 4.98 Å². The third-order valence-corrected chi connectivity index (χ3v) is 6.39. The van der Waals surface area contributed by atoms with Crippen molar-refractivity contribution in [2.24, 2.45) is 0 Å². The molecule has 30 heavy (non-hydrogen) atoms. The highest BCUT2D eigenvalue weighted by molar-refractivity contribution is 7.18. The van der Waals surface area contributed by atoms with Crippen LogP contribution in [0, 0.1) is 20.8 Å². The van der Waals surface area contributed by atoms with Crippen molar-refractivity contribution < 1.29 is 9.53 Å². The van der Waals surface area contributed by atoms with E-state index in [0.717, 1.165) is 16.0 Å². The number of thiophene rings is 1. The second kappa shape index (κ2) is 8.75. The summed E-state index contributed by atoms with van der Waals surface area (Å²) < 4.78 is 6.77. The number of hydrogen-bond acceptors (Lipinski definition) is 6. The van der Waals surface area contributed by atoms with Gasteiger partial charge in [-0.1, -0.05) is 11.6 Å². The minimum atomic E-state index is -0.345. The van der Waals surface area contributed by atoms with Gasteiger partial charge in [-0.15, -0.1) is 11.3 Å². The molecule has 0 atom stereocenters. The van der Waals surface area contributed by atoms with Crippen LogP contribution in [-0.4, -0.2) is 41.6 Å². The maximum atomic E-state index is 13.3. The number of fused-ring (bicyclic) bond motifs is 1. The van der Waals surface area contributed by atoms with Gasteiger partial charge in [0.05, 0.1) is 24.7 Å². The van der Waals surface area contributed by atoms with Crippen LogP contribution in [-0.2, 0) is 17.9 Å². The lowest BCUT2D eigenvalue weighted by atomic mass is 10.2. The van der Waals surface area contributed by atoms with Crippen LogP contribution >= 0.6 is 22.9 Å². The smallest absolute Gasteiger partial charge is 0.263 e. The number of rotatable bonds is 6. The Kier molecular flexibility index (Phi) is 6.50. The van der Waals surface area contributed by atoms with Crippen LogP contribution < -0.4 is 15.6 Å². The minimum Gasteiger partial charge on any atom is -0.495 e. The van der Waals surface area contributed by atoms with Crippen LogP contribution in [0.5, 0.6) is 5.75 Å². The number of aromatic nitrogens is 2. The molecule has 7 nitrogen and oxygen atoms in total. The van der Waals surface area contributed by atoms with Gasteiger partial charge in [-0.3, -0.25) is 14.2 Å². The van der Waals surface area contributed by atoms with Crippen molar-refractivity contribution in [3.05, 3.63) is 49.3 Å². The van der Waals surface area contributed by atoms with Crippen LogP contribution in [0.25, 0.3) is 10.2 Å². The molecule has 0 unspecified atom stereocenters. The van der Waals surface area contributed by atoms with Gasteiger partial charge in [0.25, 0.3) is 5.56 Å². The number of methoxy groups -OCH3 is 1. The summed E-state index contributed by atoms with van der Waals surface area (Å²) in [7, 11) is 5.30. The van der Waals surface area contributed by atoms with Gasteiger partial charge in [-0.2, -0.15) is 0 Å². The van der Waals surface area contributed by atoms with Gasteiger partial charge in [0, 0.05) is 16.0 Å². The molecule has 0 bridgehead atoms. The Morgan fingerprint density at radius 1 is 1.30 bits per heavy atom. The molecule has 160 valence electrons. The number of amides is 1. The maximum Gasteiger partial charge on any atom is 0.263 e. The average Bonchev–Trinajstić information content (AvgIpc) is 2.94. The highest BCUT2D eigenvalue weighted by Crippen LogP contribution is 2.31. The number of nitrogens with zero attached hydrogens (tertiary/aromatic N) is 3. The first kappa shape index (κ1) is 22.3. The van der Waals surface area contributed by atoms with Crippen molar-refractivity contribution in [2.45, 2.75) is 33.9 Å². The van der Waals surface area contributed by atoms with Gasteiger partial charge in [0.15, 0.2) is 0 Å². The summed E-state index contributed by atoms with van der Waals surface area (Å²) in [6, 6.07) is 3.40. The van der Waals surface area contributed by atoms with Crippen LogP contribution in [0.4, 0.5) is 5.69 Å². The molecule has 2 aromatic heterocycles. The Morgan fingerprint density at radius 2 is 2.00 bits per heavy atom. The van der Waals surface area contributed by atoms with E-state index in [4.69, 9.17) is 21.3 Å². The Morgan fingerprint density at radius 3 is 2.63 bits per heavy atom. The monoisotopic (exact) mass is 448 g/mol. The predicted molar refractivity (Wildman–Crippen MR) is 122 cm³/mol. The summed E-state index contributed by atoms with van der Waals surface area (Å²) in [6.45, 7) is 6.02. The molecule has 0 saturated heterocycles. The summed E-state index contributed by atoms with van der Waals surface area (Å²) in [5.74, 6) is 0.661. The normalized spacial score (nSPS) is 11.3. The second-order valence-corrected chi connectivity index (χ2v) is 9.08. The van der Waals surface area contributed by atoms with Gasteiger partial charge in [0.1, 0.15) is 22.9 Å². The highest BCUT2D eigenvalue weighted by Gasteiger charge is 2.19. The topological polar surface area (TPSA) is 76.5 Å². The zero-order valence-electron chi connectivity index (χ0n) is 17.9. The first-order chi connectivity index (χ1) is 14.1. The minimum absolute atomic E-state index is 0.149. The van der Waals surface area contributed by atoms with Crippen LogP contribution in [0.2, 0.25) is 5.02 Å². The number of nitrogens with one attached hydrogen (secondary N) is 1. The lowest BCUT2D eigenvalue weighted by Gasteiger charge is -2.17. The molecule has 0 aliphatic heterocycles. The van der Waals surface area contributed by atoms with Crippen molar-refractivity contribution in [3.63, 3.8) is 0 Å². The van der Waals surface area contributed by atoms with Crippen molar-refractivity contribution >= 4 is 44.7 Å². The first-order valence-electron chi connectivity index (χ1n) is 9.40. The zero-order valence-corrected chi connectivity index (χ0v) is 19.5. The fourth-order valence-corrected chi connectivity index (χ4v) is 4.39. The Hall–Kier alpha value is -2.42. The summed E-state index contributed by atoms with van der Waals surface area (Å²) in [6.07, 6.45) is 0. The molecule has 1 N–H and O–H groups in total. The molecule has 0 aliphatic carbocycles. The number of carbonyl (C=O) groups excluding carboxylic acids is 1. The van der Waals surface area contributed by atoms with Crippen molar-refractivity contribution in [2.75, 3.05) is 26.5 Å². The molecule has 0 fully saturated rings. The van der Waals surface area contributed by atoms with Crippen LogP contribution in [0.1, 0.15) is 21.8 Å². The fraction of sp³-hybridized carbons (Fsp3) is 0.381. The third-order valence-electron chi connectivity index (χ3n) is 4.88. The molecule has 3 rings (SSSR count). The lowest BCUT2D eigenvalue weighted by Crippen LogP contribution is -2.33. The first-order valence-corrected chi connectivity index (χ1v) is 10.6. The Balaban J connectivity index is 2.01. The number of hydrogen-bond donors (Lipinski definition) is 1. The lowest BCUT2D eigenvalue weighted by molar-refractivity contribution is -0.116. The van der Waals surface area contributed by atoms with E-state index in [1.165, 1.54) is 23.0 Å². The largest absolute Gasteiger partial charge is 0.495 e. The van der Waals surface area contributed by atoms with Gasteiger partial charge in [0.2, 0.25) is 5.91 Å². The van der Waals surface area contributed by atoms with Gasteiger partial charge < -0.3 is 15.0 Å². The second-order valence-electron chi connectivity index (χ2n) is 7.47. The van der Waals surface area contributed by atoms with E-state index in [-0.39, 0.29) is 18.0 Å². The molecule has 0 spiro atoms. The summed E-state index contributed by atoms with van der Waals surface area (Å²) in [5.41, 5.74) is 2.02. The maximum absolute atomic E-state index is 13.3. The third kappa shape index (κ3) is 4.35. The van der Waals surface area contributed by atoms with Crippen LogP contribution in [0.15, 0.2) is 16.9 Å². The zero-order chi connectivity index (χ0) is 22.2. The Bertz CT molecular complexity index is 1180. The molecule has 2 heterocycles. The van der Waals surface area contributed by atoms with Gasteiger partial charge >= 0.3 is 0 Å². The summed E-state index contributed by atoms with van der Waals surface area (Å²) in [5, 5.41) is 3.96. The number of carbonyl (C=O) groups is 1. The van der Waals surface area contributed by atoms with E-state index in [1.807, 2.05) is 39.8 Å². The molecule has 1 aromatic carbocycles. The summed E-state index contributed by atoms with van der Waals surface area (Å²) in [4.78, 5) is 34.5. The van der Waals surface area contributed by atoms with E-state index in [2.05, 4.69) is 5.32 Å². The predicted octanol–water partition coefficient (Wildman–Crippen LogP) is 3.75. The molecule has 3 aromatic rings. The number of aryl methyl sites for hydroxylation is 3. The number of halogens is 1. The molecule has 1 amide bonds. The SMILES string of the molecule is COc1cc(Cl)c(C)cc1NC(=O)Cn1c(CN(C)C)nc2sc(C)c(C)c2c1=O. The summed E-state index contributed by atoms with van der Waals surface area (Å²) >= 11 is 7.64. The van der Waals surface area contributed by atoms with E-state index in [1.54, 1.807) is 12.1 Å². The molecule has 0 saturated carbocycles. The molecular weight excluding hydrogens is 424 g/mol. The number of ether oxygens (including phenoxy) is 1. The molecule has 0 radical (unpaired) electrons. The van der Waals surface area contributed by atoms with Crippen molar-refractivity contribution in [1.29, 1.82) is 0 Å². The molecule has 9 heteroatoms. The van der Waals surface area contributed by atoms with E-state index in [9.17, 15) is 9.59 Å². The Labute approximate surface area is 184 Å². The van der Waals surface area contributed by atoms with E-state index in [0.29, 0.717) is 39.0 Å². The number of benzene rings is 1. The number of anilines is 1. The van der Waals surface area contributed by atoms with Gasteiger partial charge in [-0.05, 0) is 52.1 Å². The standard InChI is InChI=1S/C21H25ClN4O3S/c1-11-7-15(16(29-6)8-14(11)22)23-18(27)10-26-17(9-25(4)5)24-20-19(21(26)28)12(2)13(3)30-20/h7-8H,9-10H2,1-6H3,(H,23,27). The van der Waals surface area contributed by atoms with E-state index < -0.39 is 0 Å². The molecule has 0 aliphatic rings. The fourth-order valence-electron chi connectivity index (χ4n) is 3.20. The van der Waals surface area contributed by atoms with Crippen molar-refractivity contribution in [3.8, 4) is 5.75 Å². The highest BCUT2D eigenvalue weighted by atomic mass is 35.5. The van der Waals surface area contributed by atoms with E-state index >= 15 is 0 Å². The van der Waals surface area contributed by atoms with Crippen LogP contribution in [0.3, 0.4) is 0 Å².